The number of halogens is 3. The van der Waals surface area contributed by atoms with E-state index in [1.54, 1.807) is 22.8 Å². The van der Waals surface area contributed by atoms with Crippen molar-refractivity contribution in [1.29, 1.82) is 0 Å². The van der Waals surface area contributed by atoms with Gasteiger partial charge in [0.15, 0.2) is 0 Å². The van der Waals surface area contributed by atoms with E-state index >= 15 is 0 Å². The van der Waals surface area contributed by atoms with Crippen LogP contribution in [-0.4, -0.2) is 31.1 Å². The highest BCUT2D eigenvalue weighted by Gasteiger charge is 2.32. The largest absolute Gasteiger partial charge is 0.416 e. The zero-order chi connectivity index (χ0) is 19.9. The maximum atomic E-state index is 13.0. The zero-order valence-corrected chi connectivity index (χ0v) is 15.3. The topological polar surface area (TPSA) is 73.2 Å². The number of aromatic nitrogens is 2. The van der Waals surface area contributed by atoms with Gasteiger partial charge in [-0.15, -0.1) is 0 Å². The second kappa shape index (κ2) is 6.87. The van der Waals surface area contributed by atoms with E-state index in [2.05, 4.69) is 9.71 Å². The van der Waals surface area contributed by atoms with Crippen LogP contribution in [-0.2, 0) is 27.5 Å². The van der Waals surface area contributed by atoms with E-state index in [-0.39, 0.29) is 30.2 Å². The van der Waals surface area contributed by atoms with E-state index in [9.17, 15) is 21.6 Å². The van der Waals surface area contributed by atoms with Crippen molar-refractivity contribution in [2.75, 3.05) is 13.2 Å². The number of benzene rings is 2. The Kier molecular flexibility index (Phi) is 4.64. The van der Waals surface area contributed by atoms with Gasteiger partial charge in [-0.25, -0.2) is 18.1 Å². The van der Waals surface area contributed by atoms with Crippen molar-refractivity contribution in [3.05, 3.63) is 59.9 Å². The van der Waals surface area contributed by atoms with Crippen molar-refractivity contribution in [2.24, 2.45) is 0 Å². The molecule has 4 rings (SSSR count). The molecule has 1 N–H and O–H groups in total. The molecule has 0 amide bonds. The Morgan fingerprint density at radius 1 is 1.18 bits per heavy atom. The Morgan fingerprint density at radius 2 is 1.93 bits per heavy atom. The van der Waals surface area contributed by atoms with Crippen LogP contribution in [0.4, 0.5) is 13.2 Å². The summed E-state index contributed by atoms with van der Waals surface area (Å²) < 4.78 is 73.5. The number of ether oxygens (including phenoxy) is 1. The summed E-state index contributed by atoms with van der Waals surface area (Å²) >= 11 is 0. The number of hydrogen-bond acceptors (Lipinski definition) is 4. The third-order valence-corrected chi connectivity index (χ3v) is 6.00. The van der Waals surface area contributed by atoms with Gasteiger partial charge in [-0.2, -0.15) is 13.2 Å². The van der Waals surface area contributed by atoms with Gasteiger partial charge in [-0.3, -0.25) is 0 Å². The van der Waals surface area contributed by atoms with Crippen LogP contribution >= 0.6 is 0 Å². The fraction of sp³-hybridized carbons (Fsp3) is 0.278. The molecule has 1 aliphatic rings. The number of rotatable bonds is 4. The predicted molar refractivity (Wildman–Crippen MR) is 95.1 cm³/mol. The Bertz CT molecular complexity index is 1110. The van der Waals surface area contributed by atoms with E-state index in [4.69, 9.17) is 4.74 Å². The minimum Gasteiger partial charge on any atom is -0.371 e. The molecule has 0 fully saturated rings. The summed E-state index contributed by atoms with van der Waals surface area (Å²) in [6.07, 6.45) is -4.46. The summed E-state index contributed by atoms with van der Waals surface area (Å²) in [5.74, 6) is 0.462. The molecule has 0 saturated heterocycles. The smallest absolute Gasteiger partial charge is 0.371 e. The number of fused-ring (bicyclic) bond motifs is 3. The van der Waals surface area contributed by atoms with Crippen molar-refractivity contribution >= 4 is 21.1 Å². The SMILES string of the molecule is O=S(=O)(NC[C@H]1COCc2nc3cc(C(F)(F)F)ccc3n21)c1ccccc1. The molecule has 0 radical (unpaired) electrons. The summed E-state index contributed by atoms with van der Waals surface area (Å²) in [7, 11) is -3.71. The fourth-order valence-corrected chi connectivity index (χ4v) is 4.33. The van der Waals surface area contributed by atoms with E-state index in [1.807, 2.05) is 0 Å². The average Bonchev–Trinajstić information content (AvgIpc) is 3.05. The van der Waals surface area contributed by atoms with Crippen LogP contribution in [0.25, 0.3) is 11.0 Å². The standard InChI is InChI=1S/C18H16F3N3O3S/c19-18(20,21)12-6-7-16-15(8-12)23-17-11-27-10-13(24(16)17)9-22-28(25,26)14-4-2-1-3-5-14/h1-8,13,22H,9-11H2/t13-/m0/s1. The zero-order valence-electron chi connectivity index (χ0n) is 14.5. The molecule has 148 valence electrons. The molecule has 0 saturated carbocycles. The first-order chi connectivity index (χ1) is 13.3. The van der Waals surface area contributed by atoms with Gasteiger partial charge < -0.3 is 9.30 Å². The summed E-state index contributed by atoms with van der Waals surface area (Å²) in [5.41, 5.74) is -0.0702. The molecule has 0 spiro atoms. The first-order valence-electron chi connectivity index (χ1n) is 8.46. The maximum Gasteiger partial charge on any atom is 0.416 e. The van der Waals surface area contributed by atoms with Crippen molar-refractivity contribution < 1.29 is 26.3 Å². The third kappa shape index (κ3) is 3.50. The molecule has 0 bridgehead atoms. The Labute approximate surface area is 159 Å². The first-order valence-corrected chi connectivity index (χ1v) is 9.94. The number of hydrogen-bond donors (Lipinski definition) is 1. The van der Waals surface area contributed by atoms with Gasteiger partial charge in [0.1, 0.15) is 12.4 Å². The molecule has 10 heteroatoms. The molecule has 1 atom stereocenters. The molecule has 2 heterocycles. The van der Waals surface area contributed by atoms with E-state index in [0.29, 0.717) is 11.3 Å². The van der Waals surface area contributed by atoms with Crippen LogP contribution in [0, 0.1) is 0 Å². The quantitative estimate of drug-likeness (QED) is 0.716. The van der Waals surface area contributed by atoms with Crippen LogP contribution in [0.3, 0.4) is 0 Å². The number of nitrogens with one attached hydrogen (secondary N) is 1. The van der Waals surface area contributed by atoms with Crippen molar-refractivity contribution in [3.8, 4) is 0 Å². The van der Waals surface area contributed by atoms with Gasteiger partial charge >= 0.3 is 6.18 Å². The fourth-order valence-electron chi connectivity index (χ4n) is 3.23. The minimum absolute atomic E-state index is 0.0245. The summed E-state index contributed by atoms with van der Waals surface area (Å²) in [5, 5.41) is 0. The highest BCUT2D eigenvalue weighted by atomic mass is 32.2. The molecule has 28 heavy (non-hydrogen) atoms. The molecular weight excluding hydrogens is 395 g/mol. The van der Waals surface area contributed by atoms with E-state index < -0.39 is 27.8 Å². The number of imidazole rings is 1. The van der Waals surface area contributed by atoms with Gasteiger partial charge in [0.05, 0.1) is 34.1 Å². The van der Waals surface area contributed by atoms with Crippen LogP contribution in [0.5, 0.6) is 0 Å². The number of alkyl halides is 3. The van der Waals surface area contributed by atoms with Crippen LogP contribution in [0.1, 0.15) is 17.4 Å². The van der Waals surface area contributed by atoms with Crippen molar-refractivity contribution in [2.45, 2.75) is 23.7 Å². The van der Waals surface area contributed by atoms with Gasteiger partial charge in [-0.1, -0.05) is 18.2 Å². The molecule has 1 aromatic heterocycles. The lowest BCUT2D eigenvalue weighted by Gasteiger charge is -2.26. The molecule has 3 aromatic rings. The van der Waals surface area contributed by atoms with Crippen LogP contribution < -0.4 is 4.72 Å². The van der Waals surface area contributed by atoms with Gasteiger partial charge in [0, 0.05) is 6.54 Å². The highest BCUT2D eigenvalue weighted by molar-refractivity contribution is 7.89. The lowest BCUT2D eigenvalue weighted by atomic mass is 10.2. The first kappa shape index (κ1) is 18.9. The van der Waals surface area contributed by atoms with Crippen LogP contribution in [0.15, 0.2) is 53.4 Å². The predicted octanol–water partition coefficient (Wildman–Crippen LogP) is 3.10. The Hall–Kier alpha value is -2.43. The monoisotopic (exact) mass is 411 g/mol. The van der Waals surface area contributed by atoms with Gasteiger partial charge in [0.25, 0.3) is 0 Å². The summed E-state index contributed by atoms with van der Waals surface area (Å²) in [6, 6.07) is 10.8. The number of nitrogens with zero attached hydrogens (tertiary/aromatic N) is 2. The Balaban J connectivity index is 1.63. The molecular formula is C18H16F3N3O3S. The second-order valence-electron chi connectivity index (χ2n) is 6.43. The minimum atomic E-state index is -4.46. The van der Waals surface area contributed by atoms with Crippen LogP contribution in [0.2, 0.25) is 0 Å². The second-order valence-corrected chi connectivity index (χ2v) is 8.20. The lowest BCUT2D eigenvalue weighted by molar-refractivity contribution is -0.137. The Morgan fingerprint density at radius 3 is 2.64 bits per heavy atom. The maximum absolute atomic E-state index is 13.0. The molecule has 0 unspecified atom stereocenters. The summed E-state index contributed by atoms with van der Waals surface area (Å²) in [6.45, 7) is 0.394. The van der Waals surface area contributed by atoms with Crippen molar-refractivity contribution in [1.82, 2.24) is 14.3 Å². The van der Waals surface area contributed by atoms with Gasteiger partial charge in [-0.05, 0) is 30.3 Å². The summed E-state index contributed by atoms with van der Waals surface area (Å²) in [4.78, 5) is 4.38. The molecule has 1 aliphatic heterocycles. The average molecular weight is 411 g/mol. The number of sulfonamides is 1. The lowest BCUT2D eigenvalue weighted by Crippen LogP contribution is -2.35. The molecule has 0 aliphatic carbocycles. The van der Waals surface area contributed by atoms with Crippen molar-refractivity contribution in [3.63, 3.8) is 0 Å². The normalized spacial score (nSPS) is 17.6. The highest BCUT2D eigenvalue weighted by Crippen LogP contribution is 2.33. The third-order valence-electron chi connectivity index (χ3n) is 4.56. The van der Waals surface area contributed by atoms with E-state index in [0.717, 1.165) is 12.1 Å². The van der Waals surface area contributed by atoms with Gasteiger partial charge in [0.2, 0.25) is 10.0 Å². The molecule has 6 nitrogen and oxygen atoms in total. The molecule has 2 aromatic carbocycles. The van der Waals surface area contributed by atoms with E-state index in [1.165, 1.54) is 18.2 Å².